The Balaban J connectivity index is 2.02. The van der Waals surface area contributed by atoms with Crippen molar-refractivity contribution < 1.29 is 0 Å². The minimum Gasteiger partial charge on any atom is -0.369 e. The van der Waals surface area contributed by atoms with Crippen LogP contribution in [0.15, 0.2) is 29.1 Å². The van der Waals surface area contributed by atoms with Gasteiger partial charge in [0.2, 0.25) is 0 Å². The van der Waals surface area contributed by atoms with Crippen molar-refractivity contribution in [1.82, 2.24) is 10.3 Å². The summed E-state index contributed by atoms with van der Waals surface area (Å²) in [6.45, 7) is 6.07. The fraction of sp³-hybridized carbons (Fsp3) is 0.400. The highest BCUT2D eigenvalue weighted by Crippen LogP contribution is 2.21. The molecule has 0 saturated carbocycles. The first kappa shape index (κ1) is 12.2. The van der Waals surface area contributed by atoms with Crippen LogP contribution in [0, 0.1) is 0 Å². The van der Waals surface area contributed by atoms with Gasteiger partial charge in [-0.05, 0) is 30.0 Å². The Hall–Kier alpha value is -1.81. The average Bonchev–Trinajstić information content (AvgIpc) is 2.47. The van der Waals surface area contributed by atoms with Gasteiger partial charge in [-0.3, -0.25) is 4.79 Å². The lowest BCUT2D eigenvalue weighted by Crippen LogP contribution is -2.43. The Morgan fingerprint density at radius 1 is 1.21 bits per heavy atom. The van der Waals surface area contributed by atoms with Gasteiger partial charge in [-0.25, -0.2) is 0 Å². The summed E-state index contributed by atoms with van der Waals surface area (Å²) in [5.74, 6) is 0. The molecule has 1 aliphatic heterocycles. The second-order valence-corrected chi connectivity index (χ2v) is 4.99. The fourth-order valence-electron chi connectivity index (χ4n) is 2.62. The summed E-state index contributed by atoms with van der Waals surface area (Å²) in [7, 11) is 0. The van der Waals surface area contributed by atoms with E-state index in [4.69, 9.17) is 0 Å². The van der Waals surface area contributed by atoms with Crippen LogP contribution in [-0.4, -0.2) is 31.2 Å². The van der Waals surface area contributed by atoms with Crippen LogP contribution in [0.4, 0.5) is 5.69 Å². The number of rotatable bonds is 2. The minimum atomic E-state index is 0.0347. The van der Waals surface area contributed by atoms with E-state index in [1.165, 1.54) is 5.69 Å². The van der Waals surface area contributed by atoms with Crippen LogP contribution in [0.5, 0.6) is 0 Å². The van der Waals surface area contributed by atoms with Gasteiger partial charge in [0.1, 0.15) is 0 Å². The van der Waals surface area contributed by atoms with Crippen molar-refractivity contribution in [2.24, 2.45) is 0 Å². The number of H-pyrrole nitrogens is 1. The average molecular weight is 257 g/mol. The lowest BCUT2D eigenvalue weighted by atomic mass is 10.1. The quantitative estimate of drug-likeness (QED) is 0.857. The number of pyridine rings is 1. The highest BCUT2D eigenvalue weighted by molar-refractivity contribution is 5.82. The van der Waals surface area contributed by atoms with Crippen LogP contribution in [0.25, 0.3) is 10.9 Å². The lowest BCUT2D eigenvalue weighted by Gasteiger charge is -2.29. The smallest absolute Gasteiger partial charge is 0.251 e. The number of hydrogen-bond acceptors (Lipinski definition) is 3. The number of fused-ring (bicyclic) bond motifs is 1. The largest absolute Gasteiger partial charge is 0.369 e. The maximum Gasteiger partial charge on any atom is 0.251 e. The first-order valence-corrected chi connectivity index (χ1v) is 6.89. The zero-order chi connectivity index (χ0) is 13.2. The van der Waals surface area contributed by atoms with Gasteiger partial charge >= 0.3 is 0 Å². The van der Waals surface area contributed by atoms with Gasteiger partial charge < -0.3 is 15.2 Å². The van der Waals surface area contributed by atoms with Gasteiger partial charge in [0.05, 0.1) is 5.52 Å². The molecule has 4 nitrogen and oxygen atoms in total. The monoisotopic (exact) mass is 257 g/mol. The molecule has 1 aromatic carbocycles. The molecule has 0 atom stereocenters. The SMILES string of the molecule is CCc1cc2ccc(N3CCNCC3)cc2[nH]c1=O. The molecule has 1 fully saturated rings. The summed E-state index contributed by atoms with van der Waals surface area (Å²) < 4.78 is 0. The third kappa shape index (κ3) is 2.36. The van der Waals surface area contributed by atoms with E-state index in [0.29, 0.717) is 0 Å². The van der Waals surface area contributed by atoms with Crippen LogP contribution in [-0.2, 0) is 6.42 Å². The van der Waals surface area contributed by atoms with E-state index in [2.05, 4.69) is 33.4 Å². The van der Waals surface area contributed by atoms with Crippen LogP contribution in [0.1, 0.15) is 12.5 Å². The number of aromatic amines is 1. The van der Waals surface area contributed by atoms with Gasteiger partial charge in [-0.1, -0.05) is 13.0 Å². The summed E-state index contributed by atoms with van der Waals surface area (Å²) in [4.78, 5) is 17.2. The number of hydrogen-bond donors (Lipinski definition) is 2. The molecule has 1 aromatic heterocycles. The molecular weight excluding hydrogens is 238 g/mol. The fourth-order valence-corrected chi connectivity index (χ4v) is 2.62. The normalized spacial score (nSPS) is 15.9. The number of nitrogens with one attached hydrogen (secondary N) is 2. The summed E-state index contributed by atoms with van der Waals surface area (Å²) in [5.41, 5.74) is 3.00. The molecule has 2 N–H and O–H groups in total. The summed E-state index contributed by atoms with van der Waals surface area (Å²) in [6, 6.07) is 8.32. The maximum absolute atomic E-state index is 11.9. The second kappa shape index (κ2) is 5.05. The predicted molar refractivity (Wildman–Crippen MR) is 79.0 cm³/mol. The van der Waals surface area contributed by atoms with Gasteiger partial charge in [-0.2, -0.15) is 0 Å². The Morgan fingerprint density at radius 3 is 2.74 bits per heavy atom. The number of aromatic nitrogens is 1. The maximum atomic E-state index is 11.9. The van der Waals surface area contributed by atoms with Crippen LogP contribution in [0.2, 0.25) is 0 Å². The molecular formula is C15H19N3O. The molecule has 0 aliphatic carbocycles. The van der Waals surface area contributed by atoms with Crippen LogP contribution in [0.3, 0.4) is 0 Å². The number of nitrogens with zero attached hydrogens (tertiary/aromatic N) is 1. The minimum absolute atomic E-state index is 0.0347. The Kier molecular flexibility index (Phi) is 3.25. The van der Waals surface area contributed by atoms with Crippen molar-refractivity contribution in [3.8, 4) is 0 Å². The van der Waals surface area contributed by atoms with Gasteiger partial charge in [0, 0.05) is 37.4 Å². The highest BCUT2D eigenvalue weighted by Gasteiger charge is 2.11. The molecule has 2 aromatic rings. The van der Waals surface area contributed by atoms with Crippen LogP contribution >= 0.6 is 0 Å². The van der Waals surface area contributed by atoms with Gasteiger partial charge in [-0.15, -0.1) is 0 Å². The molecule has 19 heavy (non-hydrogen) atoms. The molecule has 0 bridgehead atoms. The first-order chi connectivity index (χ1) is 9.28. The van der Waals surface area contributed by atoms with E-state index < -0.39 is 0 Å². The molecule has 1 saturated heterocycles. The molecule has 1 aliphatic rings. The van der Waals surface area contributed by atoms with Crippen molar-refractivity contribution in [3.63, 3.8) is 0 Å². The molecule has 0 unspecified atom stereocenters. The summed E-state index contributed by atoms with van der Waals surface area (Å²) in [5, 5.41) is 4.45. The molecule has 4 heteroatoms. The standard InChI is InChI=1S/C15H19N3O/c1-2-11-9-12-3-4-13(10-14(12)17-15(11)19)18-7-5-16-6-8-18/h3-4,9-10,16H,2,5-8H2,1H3,(H,17,19). The molecule has 0 amide bonds. The van der Waals surface area contributed by atoms with Crippen molar-refractivity contribution >= 4 is 16.6 Å². The Bertz CT molecular complexity index is 641. The van der Waals surface area contributed by atoms with Crippen molar-refractivity contribution in [1.29, 1.82) is 0 Å². The van der Waals surface area contributed by atoms with Crippen molar-refractivity contribution in [2.75, 3.05) is 31.1 Å². The predicted octanol–water partition coefficient (Wildman–Crippen LogP) is 1.50. The number of anilines is 1. The van der Waals surface area contributed by atoms with E-state index in [-0.39, 0.29) is 5.56 Å². The van der Waals surface area contributed by atoms with E-state index >= 15 is 0 Å². The topological polar surface area (TPSA) is 48.1 Å². The van der Waals surface area contributed by atoms with Crippen molar-refractivity contribution in [3.05, 3.63) is 40.2 Å². The molecule has 3 rings (SSSR count). The third-order valence-corrected chi connectivity index (χ3v) is 3.77. The van der Waals surface area contributed by atoms with E-state index in [0.717, 1.165) is 49.1 Å². The molecule has 2 heterocycles. The van der Waals surface area contributed by atoms with Crippen molar-refractivity contribution in [2.45, 2.75) is 13.3 Å². The number of aryl methyl sites for hydroxylation is 1. The van der Waals surface area contributed by atoms with Gasteiger partial charge in [0.15, 0.2) is 0 Å². The first-order valence-electron chi connectivity index (χ1n) is 6.89. The Morgan fingerprint density at radius 2 is 2.00 bits per heavy atom. The zero-order valence-electron chi connectivity index (χ0n) is 11.2. The second-order valence-electron chi connectivity index (χ2n) is 4.99. The van der Waals surface area contributed by atoms with E-state index in [1.807, 2.05) is 13.0 Å². The Labute approximate surface area is 112 Å². The molecule has 100 valence electrons. The summed E-state index contributed by atoms with van der Waals surface area (Å²) >= 11 is 0. The number of piperazine rings is 1. The lowest BCUT2D eigenvalue weighted by molar-refractivity contribution is 0.589. The molecule has 0 radical (unpaired) electrons. The van der Waals surface area contributed by atoms with E-state index in [9.17, 15) is 4.79 Å². The highest BCUT2D eigenvalue weighted by atomic mass is 16.1. The zero-order valence-corrected chi connectivity index (χ0v) is 11.2. The number of benzene rings is 1. The van der Waals surface area contributed by atoms with Gasteiger partial charge in [0.25, 0.3) is 5.56 Å². The summed E-state index contributed by atoms with van der Waals surface area (Å²) in [6.07, 6.45) is 0.769. The van der Waals surface area contributed by atoms with E-state index in [1.54, 1.807) is 0 Å². The third-order valence-electron chi connectivity index (χ3n) is 3.77. The van der Waals surface area contributed by atoms with Crippen LogP contribution < -0.4 is 15.8 Å². The molecule has 0 spiro atoms.